The van der Waals surface area contributed by atoms with Crippen molar-refractivity contribution in [3.63, 3.8) is 0 Å². The molecule has 0 aliphatic carbocycles. The van der Waals surface area contributed by atoms with Crippen molar-refractivity contribution in [1.82, 2.24) is 0 Å². The number of nitro groups is 1. The molecule has 0 radical (unpaired) electrons. The Morgan fingerprint density at radius 2 is 1.88 bits per heavy atom. The van der Waals surface area contributed by atoms with Crippen LogP contribution in [0.3, 0.4) is 0 Å². The standard InChI is InChI=1S/C19H15NO6/c1-24-14-7-8-17(25-2)15(11-14)18-10-13(19(21)26-18)9-12-5-3-4-6-16(12)20(22)23/h3-11H,1-2H3. The Kier molecular flexibility index (Phi) is 4.70. The maximum absolute atomic E-state index is 12.2. The minimum Gasteiger partial charge on any atom is -0.497 e. The SMILES string of the molecule is COc1ccc(OC)c(C2=CC(=Cc3ccccc3[N+](=O)[O-])C(=O)O2)c1. The molecule has 0 spiro atoms. The third kappa shape index (κ3) is 3.27. The summed E-state index contributed by atoms with van der Waals surface area (Å²) in [4.78, 5) is 22.8. The number of nitrogens with zero attached hydrogens (tertiary/aromatic N) is 1. The summed E-state index contributed by atoms with van der Waals surface area (Å²) >= 11 is 0. The molecule has 0 amide bonds. The zero-order chi connectivity index (χ0) is 18.7. The van der Waals surface area contributed by atoms with E-state index in [2.05, 4.69) is 0 Å². The molecule has 0 unspecified atom stereocenters. The van der Waals surface area contributed by atoms with Crippen molar-refractivity contribution in [2.45, 2.75) is 0 Å². The number of rotatable bonds is 5. The van der Waals surface area contributed by atoms with E-state index in [0.29, 0.717) is 22.6 Å². The first-order valence-corrected chi connectivity index (χ1v) is 7.65. The van der Waals surface area contributed by atoms with E-state index in [1.54, 1.807) is 36.4 Å². The van der Waals surface area contributed by atoms with E-state index < -0.39 is 10.9 Å². The van der Waals surface area contributed by atoms with Gasteiger partial charge in [-0.05, 0) is 36.4 Å². The molecule has 0 bridgehead atoms. The van der Waals surface area contributed by atoms with Crippen LogP contribution in [0, 0.1) is 10.1 Å². The average molecular weight is 353 g/mol. The predicted molar refractivity (Wildman–Crippen MR) is 94.7 cm³/mol. The Hall–Kier alpha value is -3.61. The molecule has 0 fully saturated rings. The van der Waals surface area contributed by atoms with E-state index in [9.17, 15) is 14.9 Å². The number of nitro benzene ring substituents is 1. The minimum absolute atomic E-state index is 0.0892. The van der Waals surface area contributed by atoms with Gasteiger partial charge in [0.25, 0.3) is 5.69 Å². The number of cyclic esters (lactones) is 1. The molecule has 3 rings (SSSR count). The van der Waals surface area contributed by atoms with Crippen molar-refractivity contribution in [3.8, 4) is 11.5 Å². The Morgan fingerprint density at radius 3 is 2.58 bits per heavy atom. The molecule has 1 heterocycles. The molecule has 2 aromatic rings. The molecule has 0 N–H and O–H groups in total. The van der Waals surface area contributed by atoms with Crippen molar-refractivity contribution in [1.29, 1.82) is 0 Å². The maximum Gasteiger partial charge on any atom is 0.343 e. The minimum atomic E-state index is -0.594. The number of carbonyl (C=O) groups is 1. The molecule has 132 valence electrons. The lowest BCUT2D eigenvalue weighted by atomic mass is 10.1. The smallest absolute Gasteiger partial charge is 0.343 e. The largest absolute Gasteiger partial charge is 0.497 e. The Labute approximate surface area is 149 Å². The first kappa shape index (κ1) is 17.2. The van der Waals surface area contributed by atoms with Crippen molar-refractivity contribution in [2.24, 2.45) is 0 Å². The molecule has 2 aromatic carbocycles. The second-order valence-corrected chi connectivity index (χ2v) is 5.38. The normalized spacial score (nSPS) is 14.8. The lowest BCUT2D eigenvalue weighted by Crippen LogP contribution is -1.99. The Bertz CT molecular complexity index is 945. The van der Waals surface area contributed by atoms with E-state index in [1.165, 1.54) is 32.4 Å². The van der Waals surface area contributed by atoms with Crippen LogP contribution in [-0.2, 0) is 9.53 Å². The van der Waals surface area contributed by atoms with Crippen molar-refractivity contribution in [3.05, 3.63) is 75.4 Å². The quantitative estimate of drug-likeness (QED) is 0.353. The van der Waals surface area contributed by atoms with E-state index in [4.69, 9.17) is 14.2 Å². The van der Waals surface area contributed by atoms with Gasteiger partial charge in [-0.15, -0.1) is 0 Å². The molecule has 0 aromatic heterocycles. The summed E-state index contributed by atoms with van der Waals surface area (Å²) in [5.41, 5.74) is 0.985. The van der Waals surface area contributed by atoms with Crippen LogP contribution in [0.25, 0.3) is 11.8 Å². The van der Waals surface area contributed by atoms with Crippen LogP contribution in [0.5, 0.6) is 11.5 Å². The molecule has 0 atom stereocenters. The second kappa shape index (κ2) is 7.10. The summed E-state index contributed by atoms with van der Waals surface area (Å²) in [6.07, 6.45) is 2.95. The fourth-order valence-corrected chi connectivity index (χ4v) is 2.57. The predicted octanol–water partition coefficient (Wildman–Crippen LogP) is 3.59. The van der Waals surface area contributed by atoms with Gasteiger partial charge in [0.2, 0.25) is 0 Å². The highest BCUT2D eigenvalue weighted by Gasteiger charge is 2.25. The lowest BCUT2D eigenvalue weighted by Gasteiger charge is -2.10. The third-order valence-electron chi connectivity index (χ3n) is 3.84. The number of carbonyl (C=O) groups excluding carboxylic acids is 1. The first-order valence-electron chi connectivity index (χ1n) is 7.65. The lowest BCUT2D eigenvalue weighted by molar-refractivity contribution is -0.385. The highest BCUT2D eigenvalue weighted by Crippen LogP contribution is 2.35. The fraction of sp³-hybridized carbons (Fsp3) is 0.105. The van der Waals surface area contributed by atoms with E-state index in [0.717, 1.165) is 0 Å². The number of esters is 1. The molecule has 7 nitrogen and oxygen atoms in total. The topological polar surface area (TPSA) is 87.9 Å². The average Bonchev–Trinajstić information content (AvgIpc) is 3.01. The van der Waals surface area contributed by atoms with Gasteiger partial charge >= 0.3 is 5.97 Å². The van der Waals surface area contributed by atoms with E-state index in [1.807, 2.05) is 0 Å². The number of methoxy groups -OCH3 is 2. The maximum atomic E-state index is 12.2. The van der Waals surface area contributed by atoms with Crippen molar-refractivity contribution >= 4 is 23.5 Å². The molecule has 26 heavy (non-hydrogen) atoms. The van der Waals surface area contributed by atoms with Gasteiger partial charge in [0.1, 0.15) is 17.3 Å². The summed E-state index contributed by atoms with van der Waals surface area (Å²) in [5.74, 6) is 0.782. The summed E-state index contributed by atoms with van der Waals surface area (Å²) in [7, 11) is 3.03. The van der Waals surface area contributed by atoms with Crippen LogP contribution in [0.15, 0.2) is 54.1 Å². The van der Waals surface area contributed by atoms with Crippen LogP contribution < -0.4 is 9.47 Å². The van der Waals surface area contributed by atoms with Gasteiger partial charge < -0.3 is 14.2 Å². The van der Waals surface area contributed by atoms with Crippen molar-refractivity contribution in [2.75, 3.05) is 14.2 Å². The van der Waals surface area contributed by atoms with Gasteiger partial charge in [-0.2, -0.15) is 0 Å². The number of benzene rings is 2. The van der Waals surface area contributed by atoms with Crippen LogP contribution in [0.2, 0.25) is 0 Å². The third-order valence-corrected chi connectivity index (χ3v) is 3.84. The highest BCUT2D eigenvalue weighted by molar-refractivity contribution is 6.05. The Balaban J connectivity index is 2.04. The first-order chi connectivity index (χ1) is 12.5. The highest BCUT2D eigenvalue weighted by atomic mass is 16.6. The number of para-hydroxylation sites is 1. The molecule has 0 saturated heterocycles. The van der Waals surface area contributed by atoms with E-state index >= 15 is 0 Å². The number of hydrogen-bond donors (Lipinski definition) is 0. The van der Waals surface area contributed by atoms with Gasteiger partial charge in [-0.25, -0.2) is 4.79 Å². The zero-order valence-electron chi connectivity index (χ0n) is 14.1. The molecule has 1 aliphatic heterocycles. The van der Waals surface area contributed by atoms with Gasteiger partial charge in [-0.1, -0.05) is 12.1 Å². The second-order valence-electron chi connectivity index (χ2n) is 5.38. The summed E-state index contributed by atoms with van der Waals surface area (Å²) in [6, 6.07) is 11.3. The zero-order valence-corrected chi connectivity index (χ0v) is 14.1. The van der Waals surface area contributed by atoms with Crippen LogP contribution in [0.4, 0.5) is 5.69 Å². The van der Waals surface area contributed by atoms with Crippen LogP contribution >= 0.6 is 0 Å². The van der Waals surface area contributed by atoms with E-state index in [-0.39, 0.29) is 17.0 Å². The molecule has 0 saturated carbocycles. The molecular formula is C19H15NO6. The summed E-state index contributed by atoms with van der Waals surface area (Å²) in [5, 5.41) is 11.1. The van der Waals surface area contributed by atoms with Crippen LogP contribution in [-0.4, -0.2) is 25.1 Å². The molecule has 1 aliphatic rings. The number of hydrogen-bond acceptors (Lipinski definition) is 6. The van der Waals surface area contributed by atoms with Crippen LogP contribution in [0.1, 0.15) is 11.1 Å². The van der Waals surface area contributed by atoms with Gasteiger partial charge in [0, 0.05) is 6.07 Å². The van der Waals surface area contributed by atoms with Gasteiger partial charge in [0.05, 0.1) is 35.8 Å². The van der Waals surface area contributed by atoms with Gasteiger partial charge in [0.15, 0.2) is 0 Å². The monoisotopic (exact) mass is 353 g/mol. The van der Waals surface area contributed by atoms with Crippen molar-refractivity contribution < 1.29 is 23.9 Å². The Morgan fingerprint density at radius 1 is 1.12 bits per heavy atom. The van der Waals surface area contributed by atoms with Gasteiger partial charge in [-0.3, -0.25) is 10.1 Å². The molecule has 7 heteroatoms. The summed E-state index contributed by atoms with van der Waals surface area (Å²) < 4.78 is 15.8. The number of ether oxygens (including phenoxy) is 3. The molecular weight excluding hydrogens is 338 g/mol. The fourth-order valence-electron chi connectivity index (χ4n) is 2.57. The summed E-state index contributed by atoms with van der Waals surface area (Å²) in [6.45, 7) is 0.